The number of ether oxygens (including phenoxy) is 1. The van der Waals surface area contributed by atoms with Crippen LogP contribution in [0, 0.1) is 0 Å². The van der Waals surface area contributed by atoms with Gasteiger partial charge in [0.25, 0.3) is 0 Å². The summed E-state index contributed by atoms with van der Waals surface area (Å²) in [6.45, 7) is 1.94. The first-order valence-electron chi connectivity index (χ1n) is 6.46. The highest BCUT2D eigenvalue weighted by Gasteiger charge is 2.30. The molecule has 0 saturated heterocycles. The Labute approximate surface area is 158 Å². The predicted molar refractivity (Wildman–Crippen MR) is 101 cm³/mol. The third-order valence-electron chi connectivity index (χ3n) is 2.42. The van der Waals surface area contributed by atoms with Crippen molar-refractivity contribution in [3.63, 3.8) is 0 Å². The average Bonchev–Trinajstić information content (AvgIpc) is 2.47. The maximum absolute atomic E-state index is 13.1. The van der Waals surface area contributed by atoms with Crippen LogP contribution in [-0.2, 0) is 0 Å². The van der Waals surface area contributed by atoms with Gasteiger partial charge in [0.1, 0.15) is 16.0 Å². The summed E-state index contributed by atoms with van der Waals surface area (Å²) < 4.78 is 31.2. The molecule has 1 aromatic carbocycles. The lowest BCUT2D eigenvalue weighted by Crippen LogP contribution is -2.26. The maximum Gasteiger partial charge on any atom is 0.411 e. The first-order valence-corrected chi connectivity index (χ1v) is 9.14. The molecule has 0 amide bonds. The van der Waals surface area contributed by atoms with Gasteiger partial charge >= 0.3 is 6.11 Å². The van der Waals surface area contributed by atoms with E-state index in [4.69, 9.17) is 47.0 Å². The number of halogens is 5. The summed E-state index contributed by atoms with van der Waals surface area (Å²) in [5.74, 6) is -0.355. The lowest BCUT2D eigenvalue weighted by Gasteiger charge is -2.17. The Morgan fingerprint density at radius 1 is 1.39 bits per heavy atom. The van der Waals surface area contributed by atoms with Crippen molar-refractivity contribution in [2.24, 2.45) is 0 Å². The fraction of sp³-hybridized carbons (Fsp3) is 0.357. The molecule has 0 heterocycles. The summed E-state index contributed by atoms with van der Waals surface area (Å²) >= 11 is 23.8. The predicted octanol–water partition coefficient (Wildman–Crippen LogP) is 6.60. The molecule has 0 aliphatic heterocycles. The van der Waals surface area contributed by atoms with Gasteiger partial charge in [0.15, 0.2) is 0 Å². The Bertz CT molecular complexity index is 562. The van der Waals surface area contributed by atoms with E-state index >= 15 is 0 Å². The zero-order valence-electron chi connectivity index (χ0n) is 12.0. The van der Waals surface area contributed by atoms with Crippen molar-refractivity contribution in [2.75, 3.05) is 16.9 Å². The van der Waals surface area contributed by atoms with Crippen LogP contribution in [0.3, 0.4) is 0 Å². The number of thioether (sulfide) groups is 1. The Hall–Kier alpha value is -0.270. The summed E-state index contributed by atoms with van der Waals surface area (Å²) in [4.78, 5) is 0. The molecular formula is C14H14Cl3F2NOS2. The van der Waals surface area contributed by atoms with Crippen molar-refractivity contribution >= 4 is 68.8 Å². The number of anilines is 1. The first-order chi connectivity index (χ1) is 10.8. The van der Waals surface area contributed by atoms with Crippen LogP contribution in [0.2, 0.25) is 10.0 Å². The molecular weight excluding hydrogens is 407 g/mol. The van der Waals surface area contributed by atoms with Gasteiger partial charge in [0, 0.05) is 17.9 Å². The van der Waals surface area contributed by atoms with Gasteiger partial charge in [-0.1, -0.05) is 59.3 Å². The number of allylic oxidation sites excluding steroid dienone is 2. The minimum atomic E-state index is -3.50. The summed E-state index contributed by atoms with van der Waals surface area (Å²) in [5.41, 5.74) is 0.346. The van der Waals surface area contributed by atoms with E-state index in [1.54, 1.807) is 0 Å². The van der Waals surface area contributed by atoms with Gasteiger partial charge < -0.3 is 10.1 Å². The molecule has 0 spiro atoms. The lowest BCUT2D eigenvalue weighted by atomic mass is 10.3. The molecule has 1 rings (SSSR count). The van der Waals surface area contributed by atoms with Crippen LogP contribution >= 0.6 is 58.8 Å². The summed E-state index contributed by atoms with van der Waals surface area (Å²) in [5, 5.41) is 3.14. The molecule has 23 heavy (non-hydrogen) atoms. The minimum Gasteiger partial charge on any atom is -0.432 e. The van der Waals surface area contributed by atoms with Gasteiger partial charge in [0.05, 0.1) is 15.7 Å². The van der Waals surface area contributed by atoms with Gasteiger partial charge in [-0.2, -0.15) is 8.78 Å². The van der Waals surface area contributed by atoms with Crippen molar-refractivity contribution in [2.45, 2.75) is 19.5 Å². The highest BCUT2D eigenvalue weighted by molar-refractivity contribution is 8.23. The third kappa shape index (κ3) is 7.44. The molecule has 9 heteroatoms. The Kier molecular flexibility index (Phi) is 8.93. The highest BCUT2D eigenvalue weighted by atomic mass is 35.5. The molecule has 0 bridgehead atoms. The molecule has 0 saturated carbocycles. The highest BCUT2D eigenvalue weighted by Crippen LogP contribution is 2.37. The fourth-order valence-corrected chi connectivity index (χ4v) is 3.03. The Morgan fingerprint density at radius 2 is 2.00 bits per heavy atom. The Morgan fingerprint density at radius 3 is 2.52 bits per heavy atom. The molecule has 1 N–H and O–H groups in total. The van der Waals surface area contributed by atoms with Crippen LogP contribution in [0.25, 0.3) is 0 Å². The van der Waals surface area contributed by atoms with Crippen molar-refractivity contribution in [3.8, 4) is 5.75 Å². The molecule has 0 unspecified atom stereocenters. The van der Waals surface area contributed by atoms with E-state index in [1.165, 1.54) is 23.9 Å². The fourth-order valence-electron chi connectivity index (χ4n) is 1.45. The van der Waals surface area contributed by atoms with Crippen molar-refractivity contribution in [1.82, 2.24) is 0 Å². The standard InChI is InChI=1S/C14H14Cl3F2NOS2/c1-2-3-4-5-23-13(22)20-12-10(16)6-9(7-11(12)17)21-14(18,19)8-15/h2-3,6-7H,4-5,8H2,1H3,(H,20,22). The Balaban J connectivity index is 2.75. The van der Waals surface area contributed by atoms with Gasteiger partial charge in [-0.25, -0.2) is 0 Å². The number of hydrogen-bond donors (Lipinski definition) is 1. The van der Waals surface area contributed by atoms with Crippen molar-refractivity contribution in [3.05, 3.63) is 34.3 Å². The van der Waals surface area contributed by atoms with Crippen molar-refractivity contribution in [1.29, 1.82) is 0 Å². The number of nitrogens with one attached hydrogen (secondary N) is 1. The number of hydrogen-bond acceptors (Lipinski definition) is 3. The second kappa shape index (κ2) is 9.89. The molecule has 0 radical (unpaired) electrons. The SMILES string of the molecule is CC=CCCSC(=S)Nc1c(Cl)cc(OC(F)(F)CCl)cc1Cl. The van der Waals surface area contributed by atoms with Gasteiger partial charge in [-0.05, 0) is 13.3 Å². The van der Waals surface area contributed by atoms with Crippen LogP contribution in [-0.4, -0.2) is 22.1 Å². The topological polar surface area (TPSA) is 21.3 Å². The van der Waals surface area contributed by atoms with Crippen LogP contribution < -0.4 is 10.1 Å². The molecule has 0 fully saturated rings. The molecule has 0 aliphatic rings. The van der Waals surface area contributed by atoms with E-state index in [0.29, 0.717) is 10.0 Å². The van der Waals surface area contributed by atoms with Gasteiger partial charge in [-0.3, -0.25) is 0 Å². The van der Waals surface area contributed by atoms with Crippen LogP contribution in [0.1, 0.15) is 13.3 Å². The monoisotopic (exact) mass is 419 g/mol. The van der Waals surface area contributed by atoms with Crippen LogP contribution in [0.15, 0.2) is 24.3 Å². The summed E-state index contributed by atoms with van der Waals surface area (Å²) in [6, 6.07) is 2.45. The lowest BCUT2D eigenvalue weighted by molar-refractivity contribution is -0.155. The zero-order chi connectivity index (χ0) is 17.5. The normalized spacial score (nSPS) is 11.7. The largest absolute Gasteiger partial charge is 0.432 e. The molecule has 1 aromatic rings. The molecule has 128 valence electrons. The maximum atomic E-state index is 13.1. The van der Waals surface area contributed by atoms with Gasteiger partial charge in [0.2, 0.25) is 0 Å². The van der Waals surface area contributed by atoms with E-state index in [2.05, 4.69) is 10.1 Å². The molecule has 0 atom stereocenters. The molecule has 2 nitrogen and oxygen atoms in total. The smallest absolute Gasteiger partial charge is 0.411 e. The zero-order valence-corrected chi connectivity index (χ0v) is 15.9. The molecule has 0 aromatic heterocycles. The first kappa shape index (κ1) is 20.8. The number of rotatable bonds is 7. The van der Waals surface area contributed by atoms with Crippen molar-refractivity contribution < 1.29 is 13.5 Å². The quantitative estimate of drug-likeness (QED) is 0.232. The molecule has 0 aliphatic carbocycles. The van der Waals surface area contributed by atoms with E-state index < -0.39 is 12.0 Å². The number of alkyl halides is 3. The third-order valence-corrected chi connectivity index (χ3v) is 4.59. The number of thiocarbonyl (C=S) groups is 1. The second-order valence-corrected chi connectivity index (χ2v) is 7.11. The van der Waals surface area contributed by atoms with Crippen LogP contribution in [0.5, 0.6) is 5.75 Å². The van der Waals surface area contributed by atoms with E-state index in [-0.39, 0.29) is 15.8 Å². The minimum absolute atomic E-state index is 0.120. The van der Waals surface area contributed by atoms with E-state index in [0.717, 1.165) is 12.2 Å². The van der Waals surface area contributed by atoms with E-state index in [9.17, 15) is 8.78 Å². The summed E-state index contributed by atoms with van der Waals surface area (Å²) in [7, 11) is 0. The van der Waals surface area contributed by atoms with E-state index in [1.807, 2.05) is 19.1 Å². The summed E-state index contributed by atoms with van der Waals surface area (Å²) in [6.07, 6.45) is 1.37. The van der Waals surface area contributed by atoms with Crippen LogP contribution in [0.4, 0.5) is 14.5 Å². The number of benzene rings is 1. The second-order valence-electron chi connectivity index (χ2n) is 4.25. The average molecular weight is 421 g/mol. The van der Waals surface area contributed by atoms with Gasteiger partial charge in [-0.15, -0.1) is 11.6 Å².